The van der Waals surface area contributed by atoms with E-state index in [-0.39, 0.29) is 18.4 Å². The van der Waals surface area contributed by atoms with Crippen molar-refractivity contribution in [1.29, 1.82) is 0 Å². The maximum atomic E-state index is 10.8. The number of hydrogen-bond acceptors (Lipinski definition) is 3. The number of amides is 1. The number of nitrogens with two attached hydrogens (primary N) is 2. The number of hydrogen-bond donors (Lipinski definition) is 2. The monoisotopic (exact) mass is 144 g/mol. The van der Waals surface area contributed by atoms with E-state index in [1.165, 1.54) is 19.0 Å². The first-order chi connectivity index (χ1) is 4.63. The van der Waals surface area contributed by atoms with E-state index in [1.54, 1.807) is 0 Å². The highest BCUT2D eigenvalue weighted by atomic mass is 16.2. The fourth-order valence-corrected chi connectivity index (χ4v) is 0.415. The van der Waals surface area contributed by atoms with Crippen LogP contribution in [0, 0.1) is 0 Å². The van der Waals surface area contributed by atoms with E-state index in [1.807, 2.05) is 0 Å². The molecule has 0 atom stereocenters. The molecule has 0 saturated heterocycles. The molecular formula is C5H12N4O. The van der Waals surface area contributed by atoms with Crippen molar-refractivity contribution in [1.82, 2.24) is 4.90 Å². The first kappa shape index (κ1) is 8.90. The van der Waals surface area contributed by atoms with Gasteiger partial charge in [0.15, 0.2) is 5.96 Å². The number of carbonyl (C=O) groups is 1. The van der Waals surface area contributed by atoms with Crippen molar-refractivity contribution >= 4 is 11.9 Å². The van der Waals surface area contributed by atoms with Crippen LogP contribution in [0.15, 0.2) is 4.99 Å². The highest BCUT2D eigenvalue weighted by Gasteiger charge is 2.07. The molecule has 0 heterocycles. The molecule has 1 amide bonds. The minimum Gasteiger partial charge on any atom is -0.369 e. The molecular weight excluding hydrogens is 132 g/mol. The maximum Gasteiger partial charge on any atom is 0.242 e. The van der Waals surface area contributed by atoms with Gasteiger partial charge in [0.2, 0.25) is 5.91 Å². The zero-order valence-corrected chi connectivity index (χ0v) is 6.16. The third kappa shape index (κ3) is 2.02. The summed E-state index contributed by atoms with van der Waals surface area (Å²) < 4.78 is 0. The van der Waals surface area contributed by atoms with Crippen LogP contribution in [0.5, 0.6) is 0 Å². The normalized spacial score (nSPS) is 11.3. The lowest BCUT2D eigenvalue weighted by Crippen LogP contribution is -2.41. The molecule has 0 aromatic rings. The minimum absolute atomic E-state index is 0.0489. The highest BCUT2D eigenvalue weighted by molar-refractivity contribution is 5.96. The van der Waals surface area contributed by atoms with Gasteiger partial charge in [-0.05, 0) is 0 Å². The highest BCUT2D eigenvalue weighted by Crippen LogP contribution is 1.80. The Morgan fingerprint density at radius 1 is 1.70 bits per heavy atom. The summed E-state index contributed by atoms with van der Waals surface area (Å²) in [6.45, 7) is -0.0489. The molecule has 0 unspecified atom stereocenters. The lowest BCUT2D eigenvalue weighted by molar-refractivity contribution is -0.125. The van der Waals surface area contributed by atoms with Crippen molar-refractivity contribution in [2.75, 3.05) is 20.6 Å². The fourth-order valence-electron chi connectivity index (χ4n) is 0.415. The number of carbonyl (C=O) groups excluding carboxylic acids is 1. The summed E-state index contributed by atoms with van der Waals surface area (Å²) in [5.41, 5.74) is 10.4. The van der Waals surface area contributed by atoms with Crippen LogP contribution in [0.25, 0.3) is 0 Å². The van der Waals surface area contributed by atoms with Crippen molar-refractivity contribution in [3.05, 3.63) is 0 Å². The Balaban J connectivity index is 4.08. The topological polar surface area (TPSA) is 84.7 Å². The summed E-state index contributed by atoms with van der Waals surface area (Å²) in [6.07, 6.45) is 0. The van der Waals surface area contributed by atoms with Crippen molar-refractivity contribution in [2.24, 2.45) is 16.5 Å². The minimum atomic E-state index is -0.247. The van der Waals surface area contributed by atoms with Gasteiger partial charge in [0, 0.05) is 14.1 Å². The van der Waals surface area contributed by atoms with Gasteiger partial charge in [-0.2, -0.15) is 0 Å². The molecule has 0 rings (SSSR count). The van der Waals surface area contributed by atoms with E-state index in [4.69, 9.17) is 11.5 Å². The number of guanidine groups is 1. The number of rotatable bonds is 1. The van der Waals surface area contributed by atoms with Gasteiger partial charge in [-0.3, -0.25) is 14.7 Å². The summed E-state index contributed by atoms with van der Waals surface area (Å²) in [5, 5.41) is 0. The smallest absolute Gasteiger partial charge is 0.242 e. The first-order valence-electron chi connectivity index (χ1n) is 2.82. The predicted molar refractivity (Wildman–Crippen MR) is 39.4 cm³/mol. The second kappa shape index (κ2) is 3.84. The third-order valence-corrected chi connectivity index (χ3v) is 1.12. The van der Waals surface area contributed by atoms with Crippen LogP contribution in [-0.2, 0) is 4.79 Å². The molecule has 0 saturated carbocycles. The quantitative estimate of drug-likeness (QED) is 0.341. The van der Waals surface area contributed by atoms with E-state index >= 15 is 0 Å². The average molecular weight is 144 g/mol. The molecule has 0 aliphatic rings. The summed E-state index contributed by atoms with van der Waals surface area (Å²) in [7, 11) is 3.03. The number of likely N-dealkylation sites (N-methyl/N-ethyl adjacent to an activating group) is 1. The molecule has 0 fully saturated rings. The van der Waals surface area contributed by atoms with Crippen LogP contribution < -0.4 is 11.5 Å². The van der Waals surface area contributed by atoms with Crippen LogP contribution in [0.2, 0.25) is 0 Å². The molecule has 58 valence electrons. The van der Waals surface area contributed by atoms with Crippen LogP contribution in [-0.4, -0.2) is 37.4 Å². The molecule has 0 aromatic carbocycles. The first-order valence-corrected chi connectivity index (χ1v) is 2.82. The average Bonchev–Trinajstić information content (AvgIpc) is 2.00. The summed E-state index contributed by atoms with van der Waals surface area (Å²) in [4.78, 5) is 15.6. The zero-order chi connectivity index (χ0) is 8.15. The van der Waals surface area contributed by atoms with Gasteiger partial charge in [-0.25, -0.2) is 0 Å². The molecule has 0 aliphatic heterocycles. The lowest BCUT2D eigenvalue weighted by atomic mass is 10.5. The Kier molecular flexibility index (Phi) is 3.42. The van der Waals surface area contributed by atoms with Gasteiger partial charge >= 0.3 is 0 Å². The standard InChI is InChI=1S/C5H12N4O/c1-8-5(7)9(2)4(10)3-6/h3,6H2,1-2H3,(H2,7,8). The Hall–Kier alpha value is -1.10. The second-order valence-corrected chi connectivity index (χ2v) is 1.74. The van der Waals surface area contributed by atoms with Gasteiger partial charge < -0.3 is 11.5 Å². The van der Waals surface area contributed by atoms with Gasteiger partial charge in [0.25, 0.3) is 0 Å². The van der Waals surface area contributed by atoms with E-state index in [0.717, 1.165) is 0 Å². The van der Waals surface area contributed by atoms with Gasteiger partial charge in [0.1, 0.15) is 0 Å². The summed E-state index contributed by atoms with van der Waals surface area (Å²) in [6, 6.07) is 0. The van der Waals surface area contributed by atoms with Crippen molar-refractivity contribution < 1.29 is 4.79 Å². The lowest BCUT2D eigenvalue weighted by Gasteiger charge is -2.13. The van der Waals surface area contributed by atoms with Crippen molar-refractivity contribution in [3.8, 4) is 0 Å². The van der Waals surface area contributed by atoms with Crippen molar-refractivity contribution in [3.63, 3.8) is 0 Å². The van der Waals surface area contributed by atoms with Gasteiger partial charge in [0.05, 0.1) is 6.54 Å². The largest absolute Gasteiger partial charge is 0.369 e. The van der Waals surface area contributed by atoms with Crippen LogP contribution in [0.4, 0.5) is 0 Å². The molecule has 0 aliphatic carbocycles. The zero-order valence-electron chi connectivity index (χ0n) is 6.16. The Labute approximate surface area is 59.7 Å². The van der Waals surface area contributed by atoms with Gasteiger partial charge in [-0.15, -0.1) is 0 Å². The molecule has 0 spiro atoms. The molecule has 0 aromatic heterocycles. The molecule has 5 heteroatoms. The van der Waals surface area contributed by atoms with Crippen LogP contribution in [0.3, 0.4) is 0 Å². The Morgan fingerprint density at radius 2 is 2.20 bits per heavy atom. The molecule has 0 bridgehead atoms. The number of nitrogens with zero attached hydrogens (tertiary/aromatic N) is 2. The van der Waals surface area contributed by atoms with E-state index in [0.29, 0.717) is 0 Å². The molecule has 0 radical (unpaired) electrons. The second-order valence-electron chi connectivity index (χ2n) is 1.74. The summed E-state index contributed by atoms with van der Waals surface area (Å²) in [5.74, 6) is -0.0708. The van der Waals surface area contributed by atoms with E-state index in [2.05, 4.69) is 4.99 Å². The Morgan fingerprint density at radius 3 is 2.50 bits per heavy atom. The van der Waals surface area contributed by atoms with Gasteiger partial charge in [-0.1, -0.05) is 0 Å². The van der Waals surface area contributed by atoms with E-state index in [9.17, 15) is 4.79 Å². The van der Waals surface area contributed by atoms with Crippen LogP contribution in [0.1, 0.15) is 0 Å². The molecule has 4 N–H and O–H groups in total. The van der Waals surface area contributed by atoms with Crippen LogP contribution >= 0.6 is 0 Å². The fraction of sp³-hybridized carbons (Fsp3) is 0.600. The number of aliphatic imine (C=N–C) groups is 1. The third-order valence-electron chi connectivity index (χ3n) is 1.12. The maximum absolute atomic E-state index is 10.8. The Bertz CT molecular complexity index is 154. The molecule has 5 nitrogen and oxygen atoms in total. The molecule has 10 heavy (non-hydrogen) atoms. The van der Waals surface area contributed by atoms with E-state index < -0.39 is 0 Å². The SMILES string of the molecule is CN=C(N)N(C)C(=O)CN. The van der Waals surface area contributed by atoms with Crippen molar-refractivity contribution in [2.45, 2.75) is 0 Å². The summed E-state index contributed by atoms with van der Waals surface area (Å²) >= 11 is 0. The predicted octanol–water partition coefficient (Wildman–Crippen LogP) is -1.65.